The summed E-state index contributed by atoms with van der Waals surface area (Å²) in [6.07, 6.45) is 1.46. The third kappa shape index (κ3) is 4.44. The Kier molecular flexibility index (Phi) is 6.11. The minimum atomic E-state index is -0.258. The summed E-state index contributed by atoms with van der Waals surface area (Å²) in [5, 5.41) is 0. The van der Waals surface area contributed by atoms with E-state index in [0.717, 1.165) is 31.7 Å². The van der Waals surface area contributed by atoms with Gasteiger partial charge >= 0.3 is 0 Å². The average molecular weight is 432 g/mol. The van der Waals surface area contributed by atoms with E-state index in [1.165, 1.54) is 23.1 Å². The number of benzene rings is 2. The van der Waals surface area contributed by atoms with Crippen LogP contribution >= 0.6 is 0 Å². The summed E-state index contributed by atoms with van der Waals surface area (Å²) in [5.74, 6) is 0.798. The number of hydrazine groups is 1. The Morgan fingerprint density at radius 2 is 1.62 bits per heavy atom. The fourth-order valence-electron chi connectivity index (χ4n) is 3.87. The number of rotatable bonds is 5. The molecular formula is C24H29N7O. The highest BCUT2D eigenvalue weighted by atomic mass is 16.2. The first-order valence-corrected chi connectivity index (χ1v) is 10.7. The van der Waals surface area contributed by atoms with Gasteiger partial charge in [0.2, 0.25) is 0 Å². The quantitative estimate of drug-likeness (QED) is 0.534. The van der Waals surface area contributed by atoms with Crippen molar-refractivity contribution >= 4 is 28.9 Å². The molecule has 0 spiro atoms. The van der Waals surface area contributed by atoms with Gasteiger partial charge in [-0.3, -0.25) is 15.6 Å². The number of nitrogens with one attached hydrogen (secondary N) is 2. The maximum absolute atomic E-state index is 12.4. The number of nitrogens with zero attached hydrogens (tertiary/aromatic N) is 4. The van der Waals surface area contributed by atoms with Crippen LogP contribution in [0.5, 0.6) is 0 Å². The molecule has 1 aliphatic heterocycles. The second kappa shape index (κ2) is 9.13. The molecule has 1 fully saturated rings. The fraction of sp³-hybridized carbons (Fsp3) is 0.292. The maximum Gasteiger partial charge on any atom is 0.269 e. The first kappa shape index (κ1) is 21.4. The Balaban J connectivity index is 1.41. The molecule has 0 unspecified atom stereocenters. The molecule has 1 aromatic heterocycles. The number of piperazine rings is 1. The summed E-state index contributed by atoms with van der Waals surface area (Å²) in [7, 11) is 0. The second-order valence-electron chi connectivity index (χ2n) is 8.10. The van der Waals surface area contributed by atoms with Gasteiger partial charge in [-0.2, -0.15) is 0 Å². The van der Waals surface area contributed by atoms with Gasteiger partial charge in [-0.1, -0.05) is 29.8 Å². The molecule has 0 bridgehead atoms. The average Bonchev–Trinajstić information content (AvgIpc) is 2.81. The Bertz CT molecular complexity index is 1110. The molecule has 166 valence electrons. The van der Waals surface area contributed by atoms with Crippen molar-refractivity contribution < 1.29 is 4.79 Å². The van der Waals surface area contributed by atoms with E-state index in [0.29, 0.717) is 22.9 Å². The molecule has 1 saturated heterocycles. The summed E-state index contributed by atoms with van der Waals surface area (Å²) in [6.45, 7) is 9.63. The van der Waals surface area contributed by atoms with E-state index in [2.05, 4.69) is 62.7 Å². The largest absolute Gasteiger partial charge is 0.393 e. The minimum absolute atomic E-state index is 0.258. The third-order valence-corrected chi connectivity index (χ3v) is 5.97. The number of carbonyl (C=O) groups is 1. The van der Waals surface area contributed by atoms with Crippen molar-refractivity contribution in [3.63, 3.8) is 0 Å². The van der Waals surface area contributed by atoms with Crippen LogP contribution in [0.25, 0.3) is 0 Å². The number of aryl methyl sites for hydroxylation is 2. The molecule has 8 nitrogen and oxygen atoms in total. The van der Waals surface area contributed by atoms with E-state index in [-0.39, 0.29) is 5.91 Å². The van der Waals surface area contributed by atoms with Gasteiger partial charge in [0.1, 0.15) is 12.0 Å². The summed E-state index contributed by atoms with van der Waals surface area (Å²) in [4.78, 5) is 25.5. The lowest BCUT2D eigenvalue weighted by Gasteiger charge is -2.38. The molecule has 2 heterocycles. The number of nitrogens with two attached hydrogens (primary N) is 1. The highest BCUT2D eigenvalue weighted by Gasteiger charge is 2.22. The van der Waals surface area contributed by atoms with Crippen LogP contribution in [0.2, 0.25) is 0 Å². The third-order valence-electron chi connectivity index (χ3n) is 5.97. The van der Waals surface area contributed by atoms with Gasteiger partial charge in [0, 0.05) is 37.4 Å². The molecule has 4 rings (SSSR count). The summed E-state index contributed by atoms with van der Waals surface area (Å²) in [6, 6.07) is 13.8. The van der Waals surface area contributed by atoms with Crippen LogP contribution in [0, 0.1) is 20.8 Å². The van der Waals surface area contributed by atoms with Gasteiger partial charge in [0.05, 0.1) is 0 Å². The maximum atomic E-state index is 12.4. The van der Waals surface area contributed by atoms with Crippen LogP contribution in [0.4, 0.5) is 23.0 Å². The lowest BCUT2D eigenvalue weighted by atomic mass is 10.1. The van der Waals surface area contributed by atoms with Crippen LogP contribution in [-0.2, 0) is 0 Å². The number of nitrogen functional groups attached to an aromatic ring is 1. The standard InChI is InChI=1S/C24H29N7O/c1-16-7-9-19(10-8-16)24(32)29-28-22-21(25)23(27-15-26-22)31-13-11-30(12-14-31)20-6-4-5-17(2)18(20)3/h4-10,15H,11-14,25H2,1-3H3,(H,29,32)(H,26,27,28). The van der Waals surface area contributed by atoms with E-state index >= 15 is 0 Å². The summed E-state index contributed by atoms with van der Waals surface area (Å²) in [5.41, 5.74) is 17.8. The smallest absolute Gasteiger partial charge is 0.269 e. The molecular weight excluding hydrogens is 402 g/mol. The fourth-order valence-corrected chi connectivity index (χ4v) is 3.87. The highest BCUT2D eigenvalue weighted by molar-refractivity contribution is 5.95. The molecule has 0 saturated carbocycles. The van der Waals surface area contributed by atoms with E-state index in [1.54, 1.807) is 12.1 Å². The van der Waals surface area contributed by atoms with Gasteiger partial charge in [-0.15, -0.1) is 0 Å². The van der Waals surface area contributed by atoms with Crippen molar-refractivity contribution in [1.82, 2.24) is 15.4 Å². The minimum Gasteiger partial charge on any atom is -0.393 e. The van der Waals surface area contributed by atoms with Crippen molar-refractivity contribution in [3.05, 3.63) is 71.0 Å². The van der Waals surface area contributed by atoms with Gasteiger partial charge in [0.25, 0.3) is 5.91 Å². The number of anilines is 4. The molecule has 3 aromatic rings. The number of hydrogen-bond acceptors (Lipinski definition) is 7. The van der Waals surface area contributed by atoms with Crippen LogP contribution in [0.3, 0.4) is 0 Å². The Labute approximate surface area is 188 Å². The predicted octanol–water partition coefficient (Wildman–Crippen LogP) is 3.07. The van der Waals surface area contributed by atoms with E-state index < -0.39 is 0 Å². The molecule has 1 amide bonds. The molecule has 0 aliphatic carbocycles. The van der Waals surface area contributed by atoms with Crippen LogP contribution < -0.4 is 26.4 Å². The number of hydrogen-bond donors (Lipinski definition) is 3. The molecule has 0 atom stereocenters. The summed E-state index contributed by atoms with van der Waals surface area (Å²) >= 11 is 0. The van der Waals surface area contributed by atoms with Gasteiger partial charge in [-0.25, -0.2) is 9.97 Å². The Morgan fingerprint density at radius 3 is 2.34 bits per heavy atom. The van der Waals surface area contributed by atoms with Gasteiger partial charge in [0.15, 0.2) is 11.6 Å². The lowest BCUT2D eigenvalue weighted by Crippen LogP contribution is -2.47. The van der Waals surface area contributed by atoms with Crippen LogP contribution in [0.1, 0.15) is 27.0 Å². The monoisotopic (exact) mass is 431 g/mol. The zero-order valence-corrected chi connectivity index (χ0v) is 18.7. The van der Waals surface area contributed by atoms with Gasteiger partial charge < -0.3 is 15.5 Å². The van der Waals surface area contributed by atoms with E-state index in [4.69, 9.17) is 5.73 Å². The number of aromatic nitrogens is 2. The lowest BCUT2D eigenvalue weighted by molar-refractivity contribution is 0.0962. The summed E-state index contributed by atoms with van der Waals surface area (Å²) < 4.78 is 0. The first-order valence-electron chi connectivity index (χ1n) is 10.7. The van der Waals surface area contributed by atoms with Crippen molar-refractivity contribution in [2.75, 3.05) is 47.1 Å². The molecule has 2 aromatic carbocycles. The van der Waals surface area contributed by atoms with Crippen molar-refractivity contribution in [3.8, 4) is 0 Å². The second-order valence-corrected chi connectivity index (χ2v) is 8.10. The predicted molar refractivity (Wildman–Crippen MR) is 129 cm³/mol. The van der Waals surface area contributed by atoms with E-state index in [1.807, 2.05) is 19.1 Å². The van der Waals surface area contributed by atoms with Crippen LogP contribution in [0.15, 0.2) is 48.8 Å². The van der Waals surface area contributed by atoms with E-state index in [9.17, 15) is 4.79 Å². The molecule has 32 heavy (non-hydrogen) atoms. The SMILES string of the molecule is Cc1ccc(C(=O)NNc2ncnc(N3CCN(c4cccc(C)c4C)CC3)c2N)cc1. The zero-order chi connectivity index (χ0) is 22.7. The van der Waals surface area contributed by atoms with Crippen molar-refractivity contribution in [2.24, 2.45) is 0 Å². The van der Waals surface area contributed by atoms with Crippen molar-refractivity contribution in [2.45, 2.75) is 20.8 Å². The molecule has 1 aliphatic rings. The zero-order valence-electron chi connectivity index (χ0n) is 18.7. The molecule has 8 heteroatoms. The highest BCUT2D eigenvalue weighted by Crippen LogP contribution is 2.29. The van der Waals surface area contributed by atoms with Crippen molar-refractivity contribution in [1.29, 1.82) is 0 Å². The number of amides is 1. The number of carbonyl (C=O) groups excluding carboxylic acids is 1. The topological polar surface area (TPSA) is 99.4 Å². The van der Waals surface area contributed by atoms with Gasteiger partial charge in [-0.05, 0) is 50.1 Å². The first-order chi connectivity index (χ1) is 15.4. The normalized spacial score (nSPS) is 13.7. The molecule has 4 N–H and O–H groups in total. The Morgan fingerprint density at radius 1 is 0.938 bits per heavy atom. The Hall–Kier alpha value is -3.81. The van der Waals surface area contributed by atoms with Crippen LogP contribution in [-0.4, -0.2) is 42.1 Å². The molecule has 0 radical (unpaired) electrons.